The summed E-state index contributed by atoms with van der Waals surface area (Å²) >= 11 is 0. The zero-order chi connectivity index (χ0) is 48.0. The number of amides is 1. The van der Waals surface area contributed by atoms with E-state index in [1.54, 1.807) is 26.0 Å². The molecule has 17 heteroatoms. The number of halogens is 1. The van der Waals surface area contributed by atoms with Crippen molar-refractivity contribution in [1.82, 2.24) is 19.6 Å². The maximum Gasteiger partial charge on any atom is 0.293 e. The Hall–Kier alpha value is -5.78. The normalized spacial score (nSPS) is 22.9. The number of hydrogen-bond acceptors (Lipinski definition) is 12. The fourth-order valence-electron chi connectivity index (χ4n) is 11.1. The zero-order valence-electron chi connectivity index (χ0n) is 39.2. The minimum atomic E-state index is -4.66. The van der Waals surface area contributed by atoms with E-state index in [9.17, 15) is 32.8 Å². The molecule has 2 saturated heterocycles. The lowest BCUT2D eigenvalue weighted by Gasteiger charge is -2.57. The van der Waals surface area contributed by atoms with Crippen LogP contribution in [0, 0.1) is 27.3 Å². The van der Waals surface area contributed by atoms with Gasteiger partial charge in [0.1, 0.15) is 22.9 Å². The molecule has 68 heavy (non-hydrogen) atoms. The summed E-state index contributed by atoms with van der Waals surface area (Å²) < 4.78 is 56.9. The Balaban J connectivity index is 0.935. The number of pyridine rings is 1. The van der Waals surface area contributed by atoms with Crippen LogP contribution in [0.2, 0.25) is 0 Å². The number of nitro benzene ring substituents is 1. The number of hydrogen-bond donors (Lipinski definition) is 4. The van der Waals surface area contributed by atoms with Crippen molar-refractivity contribution in [2.24, 2.45) is 11.3 Å². The van der Waals surface area contributed by atoms with Gasteiger partial charge in [0, 0.05) is 68.8 Å². The predicted octanol–water partition coefficient (Wildman–Crippen LogP) is 9.63. The van der Waals surface area contributed by atoms with Crippen LogP contribution in [0.15, 0.2) is 77.8 Å². The topological polar surface area (TPSA) is 192 Å². The summed E-state index contributed by atoms with van der Waals surface area (Å²) in [5.74, 6) is -0.387. The smallest absolute Gasteiger partial charge is 0.293 e. The van der Waals surface area contributed by atoms with E-state index in [1.807, 2.05) is 0 Å². The van der Waals surface area contributed by atoms with Gasteiger partial charge in [0.05, 0.1) is 33.0 Å². The van der Waals surface area contributed by atoms with Crippen LogP contribution in [-0.4, -0.2) is 90.2 Å². The molecule has 4 fully saturated rings. The molecule has 4 aliphatic rings. The number of nitrogens with one attached hydrogen (secondary N) is 3. The Morgan fingerprint density at radius 2 is 1.76 bits per heavy atom. The molecule has 2 saturated carbocycles. The fourth-order valence-corrected chi connectivity index (χ4v) is 12.1. The van der Waals surface area contributed by atoms with Crippen LogP contribution >= 0.6 is 0 Å². The Kier molecular flexibility index (Phi) is 13.2. The minimum Gasteiger partial charge on any atom is -0.475 e. The van der Waals surface area contributed by atoms with Gasteiger partial charge in [0.15, 0.2) is 5.75 Å². The van der Waals surface area contributed by atoms with E-state index in [-0.39, 0.29) is 57.6 Å². The third-order valence-electron chi connectivity index (χ3n) is 15.0. The molecule has 3 aromatic carbocycles. The molecule has 0 radical (unpaired) electrons. The molecule has 2 aliphatic carbocycles. The SMILES string of the molecule is CCOc1nc2[nH]cc(F)c2cc1Oc1cc(N2CCC3(CC2)CN([C@@H]2CCC[C@@H]2c2ccccc2C(C)C)C3)ccc1C(=O)NS(=O)(=O)c1ccc(NC[C@H]2CC[C@](C)(O)CC2)c([N+](=O)[O-])c1. The van der Waals surface area contributed by atoms with Crippen LogP contribution < -0.4 is 24.4 Å². The number of carbonyl (C=O) groups is 1. The summed E-state index contributed by atoms with van der Waals surface area (Å²) in [6, 6.07) is 19.3. The van der Waals surface area contributed by atoms with Gasteiger partial charge in [-0.25, -0.2) is 17.5 Å². The maximum absolute atomic E-state index is 14.9. The van der Waals surface area contributed by atoms with Crippen molar-refractivity contribution in [3.63, 3.8) is 0 Å². The lowest BCUT2D eigenvalue weighted by atomic mass is 9.70. The van der Waals surface area contributed by atoms with Crippen LogP contribution in [-0.2, 0) is 10.0 Å². The second-order valence-electron chi connectivity index (χ2n) is 20.0. The number of likely N-dealkylation sites (tertiary alicyclic amines) is 1. The van der Waals surface area contributed by atoms with Crippen molar-refractivity contribution < 1.29 is 37.1 Å². The van der Waals surface area contributed by atoms with Crippen LogP contribution in [0.4, 0.5) is 21.5 Å². The van der Waals surface area contributed by atoms with Crippen LogP contribution in [0.5, 0.6) is 17.4 Å². The number of anilines is 2. The van der Waals surface area contributed by atoms with E-state index >= 15 is 0 Å². The molecule has 0 unspecified atom stereocenters. The van der Waals surface area contributed by atoms with Crippen molar-refractivity contribution in [1.29, 1.82) is 0 Å². The molecule has 2 aliphatic heterocycles. The fraction of sp³-hybridized carbons (Fsp3) is 0.490. The summed E-state index contributed by atoms with van der Waals surface area (Å²) in [6.07, 6.45) is 9.51. The number of aliphatic hydroxyl groups is 1. The van der Waals surface area contributed by atoms with E-state index in [1.165, 1.54) is 60.9 Å². The number of sulfonamides is 1. The number of piperidine rings is 1. The van der Waals surface area contributed by atoms with Crippen molar-refractivity contribution >= 4 is 44.0 Å². The Morgan fingerprint density at radius 1 is 1.01 bits per heavy atom. The van der Waals surface area contributed by atoms with E-state index in [0.717, 1.165) is 63.6 Å². The number of nitrogens with zero attached hydrogens (tertiary/aromatic N) is 4. The van der Waals surface area contributed by atoms with Gasteiger partial charge in [-0.3, -0.25) is 19.8 Å². The molecule has 1 spiro atoms. The van der Waals surface area contributed by atoms with Crippen molar-refractivity contribution in [2.75, 3.05) is 49.5 Å². The number of fused-ring (bicyclic) bond motifs is 1. The molecule has 0 bridgehead atoms. The Morgan fingerprint density at radius 3 is 2.49 bits per heavy atom. The molecule has 1 amide bonds. The van der Waals surface area contributed by atoms with Gasteiger partial charge in [0.2, 0.25) is 0 Å². The molecule has 5 aromatic rings. The average Bonchev–Trinajstić information content (AvgIpc) is 3.94. The van der Waals surface area contributed by atoms with Crippen LogP contribution in [0.1, 0.15) is 119 Å². The largest absolute Gasteiger partial charge is 0.475 e. The third-order valence-corrected chi connectivity index (χ3v) is 16.3. The number of rotatable bonds is 15. The van der Waals surface area contributed by atoms with Gasteiger partial charge in [-0.2, -0.15) is 4.98 Å². The quantitative estimate of drug-likeness (QED) is 0.0575. The number of nitro groups is 1. The first-order chi connectivity index (χ1) is 32.5. The first-order valence-electron chi connectivity index (χ1n) is 24.0. The Labute approximate surface area is 397 Å². The first-order valence-corrected chi connectivity index (χ1v) is 25.5. The second-order valence-corrected chi connectivity index (χ2v) is 21.7. The maximum atomic E-state index is 14.9. The molecule has 15 nitrogen and oxygen atoms in total. The molecule has 4 heterocycles. The van der Waals surface area contributed by atoms with Gasteiger partial charge in [0.25, 0.3) is 27.5 Å². The lowest BCUT2D eigenvalue weighted by Crippen LogP contribution is -2.63. The van der Waals surface area contributed by atoms with Crippen molar-refractivity contribution in [3.8, 4) is 17.4 Å². The van der Waals surface area contributed by atoms with E-state index in [2.05, 4.69) is 67.9 Å². The number of benzene rings is 3. The summed E-state index contributed by atoms with van der Waals surface area (Å²) in [7, 11) is -4.66. The molecular weight excluding hydrogens is 890 g/mol. The highest BCUT2D eigenvalue weighted by Gasteiger charge is 2.49. The summed E-state index contributed by atoms with van der Waals surface area (Å²) in [4.78, 5) is 37.4. The molecular formula is C51H62FN7O8S. The van der Waals surface area contributed by atoms with E-state index in [0.29, 0.717) is 37.3 Å². The van der Waals surface area contributed by atoms with Gasteiger partial charge < -0.3 is 29.8 Å². The van der Waals surface area contributed by atoms with Crippen molar-refractivity contribution in [2.45, 2.75) is 114 Å². The summed E-state index contributed by atoms with van der Waals surface area (Å²) in [5, 5.41) is 25.8. The first kappa shape index (κ1) is 47.3. The highest BCUT2D eigenvalue weighted by Crippen LogP contribution is 2.49. The molecule has 9 rings (SSSR count). The molecule has 4 N–H and O–H groups in total. The van der Waals surface area contributed by atoms with Crippen LogP contribution in [0.25, 0.3) is 11.0 Å². The zero-order valence-corrected chi connectivity index (χ0v) is 40.0. The number of aromatic nitrogens is 2. The highest BCUT2D eigenvalue weighted by atomic mass is 32.2. The lowest BCUT2D eigenvalue weighted by molar-refractivity contribution is -0.384. The standard InChI is InChI=1S/C51H62FN7O8S/c1-5-66-49-46(27-40-41(52)29-54-47(40)55-49)67-45-25-34(57-23-21-51(22-24-57)30-58(31-51)43-12-8-11-38(43)37-10-7-6-9-36(37)32(2)3)13-15-39(45)48(60)56-68(64,65)35-14-16-42(44(26-35)59(62)63)53-28-33-17-19-50(4,61)20-18-33/h6-7,9-10,13-16,25-27,29,32-33,38,43,53,61H,5,8,11-12,17-24,28,30-31H2,1-4H3,(H,54,55)(H,56,60)/t33-,38-,43-,50-/m1/s1. The van der Waals surface area contributed by atoms with Gasteiger partial charge in [-0.1, -0.05) is 44.5 Å². The predicted molar refractivity (Wildman–Crippen MR) is 259 cm³/mol. The van der Waals surface area contributed by atoms with Gasteiger partial charge in [-0.05, 0) is 124 Å². The molecule has 2 aromatic heterocycles. The van der Waals surface area contributed by atoms with Crippen molar-refractivity contribution in [3.05, 3.63) is 106 Å². The minimum absolute atomic E-state index is 0.0117. The summed E-state index contributed by atoms with van der Waals surface area (Å²) in [6.45, 7) is 12.4. The second kappa shape index (κ2) is 19.0. The van der Waals surface area contributed by atoms with Crippen LogP contribution in [0.3, 0.4) is 0 Å². The third kappa shape index (κ3) is 9.74. The van der Waals surface area contributed by atoms with E-state index < -0.39 is 42.9 Å². The highest BCUT2D eigenvalue weighted by molar-refractivity contribution is 7.90. The monoisotopic (exact) mass is 951 g/mol. The number of carbonyl (C=O) groups excluding carboxylic acids is 1. The summed E-state index contributed by atoms with van der Waals surface area (Å²) in [5.41, 5.74) is 2.96. The number of ether oxygens (including phenoxy) is 2. The van der Waals surface area contributed by atoms with Gasteiger partial charge in [-0.15, -0.1) is 0 Å². The number of aromatic amines is 1. The average molecular weight is 952 g/mol. The Bertz CT molecular complexity index is 2790. The van der Waals surface area contributed by atoms with Gasteiger partial charge >= 0.3 is 0 Å². The van der Waals surface area contributed by atoms with E-state index in [4.69, 9.17) is 9.47 Å². The molecule has 2 atom stereocenters. The number of H-pyrrole nitrogens is 1. The molecule has 362 valence electrons.